The Kier molecular flexibility index (Phi) is 5.66. The van der Waals surface area contributed by atoms with Gasteiger partial charge in [0.05, 0.1) is 7.11 Å². The molecule has 136 valence electrons. The second-order valence-corrected chi connectivity index (χ2v) is 9.05. The molecule has 0 aromatic heterocycles. The van der Waals surface area contributed by atoms with Crippen LogP contribution >= 0.6 is 0 Å². The van der Waals surface area contributed by atoms with Crippen LogP contribution in [0, 0.1) is 0 Å². The van der Waals surface area contributed by atoms with Crippen LogP contribution in [0.2, 0.25) is 0 Å². The predicted molar refractivity (Wildman–Crippen MR) is 109 cm³/mol. The Morgan fingerprint density at radius 3 is 2.00 bits per heavy atom. The average Bonchev–Trinajstić information content (AvgIpc) is 2.53. The quantitative estimate of drug-likeness (QED) is 0.594. The van der Waals surface area contributed by atoms with Crippen LogP contribution in [-0.2, 0) is 17.3 Å². The molecule has 1 nitrogen and oxygen atoms in total. The molecule has 0 atom stereocenters. The highest BCUT2D eigenvalue weighted by atomic mass is 16.5. The lowest BCUT2D eigenvalue weighted by Crippen LogP contribution is -2.24. The summed E-state index contributed by atoms with van der Waals surface area (Å²) in [5.41, 5.74) is 5.57. The summed E-state index contributed by atoms with van der Waals surface area (Å²) >= 11 is 0. The minimum atomic E-state index is 0.0463. The van der Waals surface area contributed by atoms with Crippen molar-refractivity contribution in [3.05, 3.63) is 64.7 Å². The zero-order valence-electron chi connectivity index (χ0n) is 17.2. The van der Waals surface area contributed by atoms with E-state index in [4.69, 9.17) is 4.74 Å². The van der Waals surface area contributed by atoms with Crippen molar-refractivity contribution in [2.75, 3.05) is 7.11 Å². The van der Waals surface area contributed by atoms with Gasteiger partial charge < -0.3 is 4.74 Å². The third-order valence-corrected chi connectivity index (χ3v) is 5.05. The molecule has 0 aliphatic carbocycles. The van der Waals surface area contributed by atoms with Gasteiger partial charge in [-0.1, -0.05) is 90.9 Å². The summed E-state index contributed by atoms with van der Waals surface area (Å²) in [6.07, 6.45) is 0.962. The van der Waals surface area contributed by atoms with Crippen LogP contribution in [0.5, 0.6) is 5.75 Å². The maximum atomic E-state index is 5.86. The summed E-state index contributed by atoms with van der Waals surface area (Å²) in [7, 11) is 1.79. The number of hydrogen-bond donors (Lipinski definition) is 0. The minimum Gasteiger partial charge on any atom is -0.496 e. The van der Waals surface area contributed by atoms with Gasteiger partial charge in [-0.25, -0.2) is 0 Å². The minimum absolute atomic E-state index is 0.0463. The van der Waals surface area contributed by atoms with Crippen molar-refractivity contribution in [2.24, 2.45) is 0 Å². The van der Waals surface area contributed by atoms with Gasteiger partial charge in [0.1, 0.15) is 5.75 Å². The van der Waals surface area contributed by atoms with E-state index in [1.807, 2.05) is 0 Å². The van der Waals surface area contributed by atoms with E-state index < -0.39 is 0 Å². The van der Waals surface area contributed by atoms with Crippen molar-refractivity contribution >= 4 is 0 Å². The van der Waals surface area contributed by atoms with Gasteiger partial charge in [-0.05, 0) is 45.4 Å². The molecule has 0 aliphatic rings. The normalized spacial score (nSPS) is 12.5. The van der Waals surface area contributed by atoms with E-state index in [1.165, 1.54) is 22.3 Å². The lowest BCUT2D eigenvalue weighted by Gasteiger charge is -2.31. The van der Waals surface area contributed by atoms with Gasteiger partial charge in [-0.15, -0.1) is 0 Å². The van der Waals surface area contributed by atoms with Crippen LogP contribution in [0.1, 0.15) is 76.6 Å². The molecule has 0 spiro atoms. The van der Waals surface area contributed by atoms with Gasteiger partial charge in [-0.3, -0.25) is 0 Å². The van der Waals surface area contributed by atoms with E-state index in [1.54, 1.807) is 7.11 Å². The number of methoxy groups -OCH3 is 1. The average molecular weight is 339 g/mol. The Bertz CT molecular complexity index is 717. The van der Waals surface area contributed by atoms with Crippen molar-refractivity contribution in [3.8, 4) is 5.75 Å². The molecule has 0 amide bonds. The van der Waals surface area contributed by atoms with Crippen molar-refractivity contribution in [1.82, 2.24) is 0 Å². The van der Waals surface area contributed by atoms with Crippen LogP contribution in [-0.4, -0.2) is 7.11 Å². The number of para-hydroxylation sites is 1. The van der Waals surface area contributed by atoms with Crippen molar-refractivity contribution < 1.29 is 4.74 Å². The van der Waals surface area contributed by atoms with Gasteiger partial charge in [0.25, 0.3) is 0 Å². The third-order valence-electron chi connectivity index (χ3n) is 5.05. The van der Waals surface area contributed by atoms with Crippen LogP contribution in [0.4, 0.5) is 0 Å². The molecular formula is C24H34O. The Labute approximate surface area is 154 Å². The highest BCUT2D eigenvalue weighted by molar-refractivity contribution is 5.47. The summed E-state index contributed by atoms with van der Waals surface area (Å²) in [6, 6.07) is 15.4. The maximum absolute atomic E-state index is 5.86. The first-order chi connectivity index (χ1) is 11.6. The van der Waals surface area contributed by atoms with Crippen LogP contribution in [0.25, 0.3) is 0 Å². The molecule has 0 aliphatic heterocycles. The van der Waals surface area contributed by atoms with Gasteiger partial charge in [0, 0.05) is 0 Å². The fourth-order valence-corrected chi connectivity index (χ4v) is 3.74. The molecule has 0 N–H and O–H groups in total. The van der Waals surface area contributed by atoms with Gasteiger partial charge in [0.2, 0.25) is 0 Å². The first kappa shape index (κ1) is 19.6. The van der Waals surface area contributed by atoms with Gasteiger partial charge >= 0.3 is 0 Å². The molecule has 0 unspecified atom stereocenters. The van der Waals surface area contributed by atoms with E-state index in [0.717, 1.165) is 12.2 Å². The largest absolute Gasteiger partial charge is 0.496 e. The molecule has 0 bridgehead atoms. The van der Waals surface area contributed by atoms with E-state index >= 15 is 0 Å². The Balaban J connectivity index is 2.49. The highest BCUT2D eigenvalue weighted by Gasteiger charge is 2.28. The molecule has 2 aromatic carbocycles. The Morgan fingerprint density at radius 1 is 0.840 bits per heavy atom. The number of ether oxygens (including phenoxy) is 1. The zero-order valence-corrected chi connectivity index (χ0v) is 17.2. The molecule has 0 heterocycles. The van der Waals surface area contributed by atoms with Crippen LogP contribution < -0.4 is 4.74 Å². The van der Waals surface area contributed by atoms with E-state index in [0.29, 0.717) is 5.92 Å². The monoisotopic (exact) mass is 338 g/mol. The predicted octanol–water partition coefficient (Wildman–Crippen LogP) is 6.64. The summed E-state index contributed by atoms with van der Waals surface area (Å²) in [4.78, 5) is 0. The van der Waals surface area contributed by atoms with Gasteiger partial charge in [0.15, 0.2) is 0 Å². The highest BCUT2D eigenvalue weighted by Crippen LogP contribution is 2.39. The third kappa shape index (κ3) is 4.26. The molecule has 0 saturated heterocycles. The van der Waals surface area contributed by atoms with Crippen molar-refractivity contribution in [2.45, 2.75) is 71.6 Å². The molecule has 2 rings (SSSR count). The summed E-state index contributed by atoms with van der Waals surface area (Å²) in [5, 5.41) is 0. The smallest absolute Gasteiger partial charge is 0.125 e. The first-order valence-electron chi connectivity index (χ1n) is 9.33. The number of benzene rings is 2. The molecule has 2 aromatic rings. The molecule has 1 heteroatoms. The first-order valence-corrected chi connectivity index (χ1v) is 9.33. The molecular weight excluding hydrogens is 304 g/mol. The van der Waals surface area contributed by atoms with E-state index in [-0.39, 0.29) is 10.8 Å². The van der Waals surface area contributed by atoms with E-state index in [2.05, 4.69) is 90.9 Å². The van der Waals surface area contributed by atoms with Crippen LogP contribution in [0.3, 0.4) is 0 Å². The fraction of sp³-hybridized carbons (Fsp3) is 0.500. The Morgan fingerprint density at radius 2 is 1.44 bits per heavy atom. The maximum Gasteiger partial charge on any atom is 0.125 e. The summed E-state index contributed by atoms with van der Waals surface area (Å²) in [6.45, 7) is 16.0. The van der Waals surface area contributed by atoms with Gasteiger partial charge in [-0.2, -0.15) is 0 Å². The molecule has 0 radical (unpaired) electrons. The standard InChI is InChI=1S/C24H34O/c1-17(2)19-13-9-10-14-20(19)24(6,7)16-18-12-11-15-21(22(18)25-8)23(3,4)5/h9-15,17H,16H2,1-8H3. The molecule has 0 saturated carbocycles. The van der Waals surface area contributed by atoms with E-state index in [9.17, 15) is 0 Å². The SMILES string of the molecule is COc1c(CC(C)(C)c2ccccc2C(C)C)cccc1C(C)(C)C. The summed E-state index contributed by atoms with van der Waals surface area (Å²) < 4.78 is 5.86. The summed E-state index contributed by atoms with van der Waals surface area (Å²) in [5.74, 6) is 1.57. The second kappa shape index (κ2) is 7.23. The lowest BCUT2D eigenvalue weighted by molar-refractivity contribution is 0.386. The lowest BCUT2D eigenvalue weighted by atomic mass is 9.74. The van der Waals surface area contributed by atoms with Crippen molar-refractivity contribution in [1.29, 1.82) is 0 Å². The zero-order chi connectivity index (χ0) is 18.8. The second-order valence-electron chi connectivity index (χ2n) is 9.05. The van der Waals surface area contributed by atoms with Crippen molar-refractivity contribution in [3.63, 3.8) is 0 Å². The van der Waals surface area contributed by atoms with Crippen LogP contribution in [0.15, 0.2) is 42.5 Å². The Hall–Kier alpha value is -1.76. The molecule has 25 heavy (non-hydrogen) atoms. The fourth-order valence-electron chi connectivity index (χ4n) is 3.74. The topological polar surface area (TPSA) is 9.23 Å². The molecule has 0 fully saturated rings. The number of rotatable bonds is 5. The number of hydrogen-bond acceptors (Lipinski definition) is 1.